The first kappa shape index (κ1) is 13.3. The van der Waals surface area contributed by atoms with Gasteiger partial charge in [-0.3, -0.25) is 0 Å². The number of fused-ring (bicyclic) bond motifs is 1. The van der Waals surface area contributed by atoms with Crippen LogP contribution in [0.25, 0.3) is 10.8 Å². The van der Waals surface area contributed by atoms with Gasteiger partial charge in [-0.05, 0) is 22.8 Å². The SMILES string of the molecule is Nc1nc(Cl)cc(N[C@@H]2C[C@H]2c2ccc3ccccc3c2)n1. The number of hydrogen-bond acceptors (Lipinski definition) is 4. The number of aromatic nitrogens is 2. The van der Waals surface area contributed by atoms with Gasteiger partial charge in [0.15, 0.2) is 0 Å². The molecule has 3 aromatic rings. The average Bonchev–Trinajstić information content (AvgIpc) is 3.25. The second-order valence-electron chi connectivity index (χ2n) is 5.63. The number of benzene rings is 2. The van der Waals surface area contributed by atoms with Crippen LogP contribution in [-0.2, 0) is 0 Å². The van der Waals surface area contributed by atoms with Crippen LogP contribution in [0.1, 0.15) is 17.9 Å². The molecule has 1 aromatic heterocycles. The molecule has 2 aromatic carbocycles. The predicted octanol–water partition coefficient (Wildman–Crippen LogP) is 3.83. The van der Waals surface area contributed by atoms with Crippen LogP contribution in [0, 0.1) is 0 Å². The highest BCUT2D eigenvalue weighted by atomic mass is 35.5. The lowest BCUT2D eigenvalue weighted by molar-refractivity contribution is 1.03. The highest BCUT2D eigenvalue weighted by molar-refractivity contribution is 6.29. The van der Waals surface area contributed by atoms with Crippen LogP contribution in [0.3, 0.4) is 0 Å². The number of nitrogen functional groups attached to an aromatic ring is 1. The van der Waals surface area contributed by atoms with E-state index in [-0.39, 0.29) is 5.95 Å². The number of anilines is 2. The molecule has 0 spiro atoms. The predicted molar refractivity (Wildman–Crippen MR) is 90.2 cm³/mol. The van der Waals surface area contributed by atoms with Gasteiger partial charge in [0.05, 0.1) is 0 Å². The Labute approximate surface area is 133 Å². The molecule has 5 heteroatoms. The van der Waals surface area contributed by atoms with Gasteiger partial charge in [-0.2, -0.15) is 4.98 Å². The maximum absolute atomic E-state index is 5.90. The minimum atomic E-state index is 0.193. The number of nitrogens with two attached hydrogens (primary N) is 1. The van der Waals surface area contributed by atoms with Gasteiger partial charge in [0.1, 0.15) is 11.0 Å². The van der Waals surface area contributed by atoms with E-state index in [0.29, 0.717) is 22.9 Å². The summed E-state index contributed by atoms with van der Waals surface area (Å²) in [4.78, 5) is 8.03. The zero-order chi connectivity index (χ0) is 15.1. The van der Waals surface area contributed by atoms with Crippen molar-refractivity contribution in [3.05, 3.63) is 59.2 Å². The molecule has 110 valence electrons. The zero-order valence-electron chi connectivity index (χ0n) is 11.8. The number of halogens is 1. The topological polar surface area (TPSA) is 63.8 Å². The normalized spacial score (nSPS) is 20.0. The molecule has 1 fully saturated rings. The van der Waals surface area contributed by atoms with Crippen LogP contribution < -0.4 is 11.1 Å². The summed E-state index contributed by atoms with van der Waals surface area (Å²) in [5, 5.41) is 6.29. The lowest BCUT2D eigenvalue weighted by Gasteiger charge is -2.07. The molecule has 1 heterocycles. The Hall–Kier alpha value is -2.33. The molecule has 0 saturated heterocycles. The standard InChI is InChI=1S/C17H15ClN4/c18-15-9-16(22-17(19)21-15)20-14-8-13(14)12-6-5-10-3-1-2-4-11(10)7-12/h1-7,9,13-14H,8H2,(H3,19,20,21,22)/t13-,14+/m0/s1. The average molecular weight is 311 g/mol. The van der Waals surface area contributed by atoms with Gasteiger partial charge in [0.2, 0.25) is 5.95 Å². The maximum Gasteiger partial charge on any atom is 0.223 e. The molecule has 4 rings (SSSR count). The molecular weight excluding hydrogens is 296 g/mol. The van der Waals surface area contributed by atoms with Crippen molar-refractivity contribution in [3.63, 3.8) is 0 Å². The van der Waals surface area contributed by atoms with Crippen molar-refractivity contribution in [1.82, 2.24) is 9.97 Å². The molecule has 3 N–H and O–H groups in total. The van der Waals surface area contributed by atoms with E-state index in [1.807, 2.05) is 0 Å². The smallest absolute Gasteiger partial charge is 0.223 e. The van der Waals surface area contributed by atoms with Gasteiger partial charge in [-0.25, -0.2) is 4.98 Å². The molecule has 4 nitrogen and oxygen atoms in total. The van der Waals surface area contributed by atoms with Crippen molar-refractivity contribution in [3.8, 4) is 0 Å². The van der Waals surface area contributed by atoms with E-state index in [2.05, 4.69) is 57.7 Å². The summed E-state index contributed by atoms with van der Waals surface area (Å²) >= 11 is 5.90. The van der Waals surface area contributed by atoms with E-state index in [0.717, 1.165) is 6.42 Å². The van der Waals surface area contributed by atoms with Crippen molar-refractivity contribution >= 4 is 34.1 Å². The summed E-state index contributed by atoms with van der Waals surface area (Å²) in [7, 11) is 0. The van der Waals surface area contributed by atoms with Crippen LogP contribution >= 0.6 is 11.6 Å². The molecular formula is C17H15ClN4. The van der Waals surface area contributed by atoms with E-state index < -0.39 is 0 Å². The van der Waals surface area contributed by atoms with Crippen molar-refractivity contribution in [2.75, 3.05) is 11.1 Å². The first-order chi connectivity index (χ1) is 10.7. The monoisotopic (exact) mass is 310 g/mol. The summed E-state index contributed by atoms with van der Waals surface area (Å²) in [6, 6.07) is 17.1. The molecule has 22 heavy (non-hydrogen) atoms. The van der Waals surface area contributed by atoms with E-state index in [9.17, 15) is 0 Å². The summed E-state index contributed by atoms with van der Waals surface area (Å²) in [6.45, 7) is 0. The van der Waals surface area contributed by atoms with E-state index in [1.165, 1.54) is 16.3 Å². The highest BCUT2D eigenvalue weighted by Gasteiger charge is 2.38. The zero-order valence-corrected chi connectivity index (χ0v) is 12.6. The number of hydrogen-bond donors (Lipinski definition) is 2. The fourth-order valence-electron chi connectivity index (χ4n) is 2.86. The fraction of sp³-hybridized carbons (Fsp3) is 0.176. The van der Waals surface area contributed by atoms with E-state index in [4.69, 9.17) is 17.3 Å². The van der Waals surface area contributed by atoms with Crippen molar-refractivity contribution in [2.24, 2.45) is 0 Å². The van der Waals surface area contributed by atoms with Crippen molar-refractivity contribution in [2.45, 2.75) is 18.4 Å². The Morgan fingerprint density at radius 3 is 2.68 bits per heavy atom. The Balaban J connectivity index is 1.53. The van der Waals surface area contributed by atoms with Gasteiger partial charge in [0.25, 0.3) is 0 Å². The molecule has 0 bridgehead atoms. The molecule has 1 aliphatic carbocycles. The minimum Gasteiger partial charge on any atom is -0.368 e. The van der Waals surface area contributed by atoms with Crippen LogP contribution in [0.5, 0.6) is 0 Å². The fourth-order valence-corrected chi connectivity index (χ4v) is 3.05. The largest absolute Gasteiger partial charge is 0.368 e. The summed E-state index contributed by atoms with van der Waals surface area (Å²) in [5.41, 5.74) is 6.97. The minimum absolute atomic E-state index is 0.193. The number of rotatable bonds is 3. The molecule has 0 aliphatic heterocycles. The van der Waals surface area contributed by atoms with Crippen LogP contribution in [0.2, 0.25) is 5.15 Å². The van der Waals surface area contributed by atoms with Crippen molar-refractivity contribution < 1.29 is 0 Å². The van der Waals surface area contributed by atoms with E-state index in [1.54, 1.807) is 6.07 Å². The van der Waals surface area contributed by atoms with Gasteiger partial charge < -0.3 is 11.1 Å². The first-order valence-electron chi connectivity index (χ1n) is 7.24. The maximum atomic E-state index is 5.90. The second kappa shape index (κ2) is 5.14. The Morgan fingerprint density at radius 1 is 1.05 bits per heavy atom. The molecule has 1 aliphatic rings. The third-order valence-corrected chi connectivity index (χ3v) is 4.23. The lowest BCUT2D eigenvalue weighted by atomic mass is 10.0. The van der Waals surface area contributed by atoms with Gasteiger partial charge in [0, 0.05) is 18.0 Å². The second-order valence-corrected chi connectivity index (χ2v) is 6.02. The quantitative estimate of drug-likeness (QED) is 0.722. The van der Waals surface area contributed by atoms with Gasteiger partial charge >= 0.3 is 0 Å². The summed E-state index contributed by atoms with van der Waals surface area (Å²) in [5.74, 6) is 1.38. The highest BCUT2D eigenvalue weighted by Crippen LogP contribution is 2.43. The van der Waals surface area contributed by atoms with Crippen molar-refractivity contribution in [1.29, 1.82) is 0 Å². The Kier molecular flexibility index (Phi) is 3.12. The summed E-state index contributed by atoms with van der Waals surface area (Å²) in [6.07, 6.45) is 1.08. The molecule has 0 unspecified atom stereocenters. The van der Waals surface area contributed by atoms with Crippen LogP contribution in [0.4, 0.5) is 11.8 Å². The van der Waals surface area contributed by atoms with Crippen LogP contribution in [-0.4, -0.2) is 16.0 Å². The third-order valence-electron chi connectivity index (χ3n) is 4.04. The molecule has 1 saturated carbocycles. The molecule has 2 atom stereocenters. The summed E-state index contributed by atoms with van der Waals surface area (Å²) < 4.78 is 0. The Morgan fingerprint density at radius 2 is 1.86 bits per heavy atom. The van der Waals surface area contributed by atoms with Crippen LogP contribution in [0.15, 0.2) is 48.5 Å². The number of nitrogens with zero attached hydrogens (tertiary/aromatic N) is 2. The number of nitrogens with one attached hydrogen (secondary N) is 1. The Bertz CT molecular complexity index is 829. The van der Waals surface area contributed by atoms with Gasteiger partial charge in [-0.15, -0.1) is 0 Å². The lowest BCUT2D eigenvalue weighted by Crippen LogP contribution is -2.07. The van der Waals surface area contributed by atoms with Gasteiger partial charge in [-0.1, -0.05) is 54.1 Å². The molecule has 0 amide bonds. The van der Waals surface area contributed by atoms with E-state index >= 15 is 0 Å². The first-order valence-corrected chi connectivity index (χ1v) is 7.62. The third kappa shape index (κ3) is 2.57. The molecule has 0 radical (unpaired) electrons.